The van der Waals surface area contributed by atoms with E-state index in [-0.39, 0.29) is 5.56 Å². The van der Waals surface area contributed by atoms with E-state index in [2.05, 4.69) is 20.4 Å². The zero-order chi connectivity index (χ0) is 18.5. The number of hydrogen-bond donors (Lipinski definition) is 2. The van der Waals surface area contributed by atoms with E-state index >= 15 is 0 Å². The number of thiophene rings is 1. The van der Waals surface area contributed by atoms with Crippen molar-refractivity contribution in [2.75, 3.05) is 13.1 Å². The van der Waals surface area contributed by atoms with Crippen LogP contribution < -0.4 is 10.9 Å². The summed E-state index contributed by atoms with van der Waals surface area (Å²) in [7, 11) is 0. The fourth-order valence-electron chi connectivity index (χ4n) is 3.74. The summed E-state index contributed by atoms with van der Waals surface area (Å²) in [6.45, 7) is 5.99. The molecule has 1 fully saturated rings. The van der Waals surface area contributed by atoms with Gasteiger partial charge in [0.2, 0.25) is 0 Å². The highest BCUT2D eigenvalue weighted by Crippen LogP contribution is 2.33. The highest BCUT2D eigenvalue weighted by molar-refractivity contribution is 7.18. The van der Waals surface area contributed by atoms with Crippen LogP contribution in [0, 0.1) is 13.8 Å². The van der Waals surface area contributed by atoms with Gasteiger partial charge >= 0.3 is 0 Å². The summed E-state index contributed by atoms with van der Waals surface area (Å²) in [4.78, 5) is 26.8. The van der Waals surface area contributed by atoms with Gasteiger partial charge in [0.1, 0.15) is 10.5 Å². The Labute approximate surface area is 159 Å². The van der Waals surface area contributed by atoms with Crippen molar-refractivity contribution in [3.05, 3.63) is 44.8 Å². The van der Waals surface area contributed by atoms with Crippen molar-refractivity contribution >= 4 is 27.2 Å². The Balaban J connectivity index is 1.62. The van der Waals surface area contributed by atoms with E-state index in [4.69, 9.17) is 4.98 Å². The van der Waals surface area contributed by atoms with Crippen LogP contribution in [0.2, 0.25) is 0 Å². The second-order valence-corrected chi connectivity index (χ2v) is 8.23. The van der Waals surface area contributed by atoms with E-state index in [1.165, 1.54) is 4.88 Å². The van der Waals surface area contributed by atoms with Gasteiger partial charge in [-0.25, -0.2) is 14.5 Å². The summed E-state index contributed by atoms with van der Waals surface area (Å²) >= 11 is 1.63. The van der Waals surface area contributed by atoms with Crippen LogP contribution in [0.3, 0.4) is 0 Å². The number of aryl methyl sites for hydroxylation is 2. The van der Waals surface area contributed by atoms with Crippen LogP contribution in [-0.2, 0) is 0 Å². The third-order valence-electron chi connectivity index (χ3n) is 5.14. The van der Waals surface area contributed by atoms with Gasteiger partial charge in [-0.2, -0.15) is 5.10 Å². The summed E-state index contributed by atoms with van der Waals surface area (Å²) in [6.07, 6.45) is 4.09. The maximum atomic E-state index is 12.7. The van der Waals surface area contributed by atoms with Crippen molar-refractivity contribution in [3.63, 3.8) is 0 Å². The molecule has 138 valence electrons. The van der Waals surface area contributed by atoms with E-state index < -0.39 is 0 Å². The first-order chi connectivity index (χ1) is 13.1. The predicted octanol–water partition coefficient (Wildman–Crippen LogP) is 2.78. The van der Waals surface area contributed by atoms with E-state index in [1.54, 1.807) is 15.9 Å². The molecule has 4 aromatic heterocycles. The fraction of sp³-hybridized carbons (Fsp3) is 0.368. The molecule has 7 nitrogen and oxygen atoms in total. The number of hydrogen-bond acceptors (Lipinski definition) is 6. The summed E-state index contributed by atoms with van der Waals surface area (Å²) in [5.41, 5.74) is 3.27. The van der Waals surface area contributed by atoms with E-state index in [0.717, 1.165) is 47.7 Å². The Morgan fingerprint density at radius 2 is 2.00 bits per heavy atom. The van der Waals surface area contributed by atoms with Gasteiger partial charge in [-0.3, -0.25) is 4.79 Å². The quantitative estimate of drug-likeness (QED) is 0.558. The summed E-state index contributed by atoms with van der Waals surface area (Å²) in [5, 5.41) is 8.65. The first-order valence-corrected chi connectivity index (χ1v) is 9.98. The lowest BCUT2D eigenvalue weighted by molar-refractivity contribution is 0.465. The molecule has 0 amide bonds. The first kappa shape index (κ1) is 16.6. The topological polar surface area (TPSA) is 88.0 Å². The molecule has 0 aliphatic carbocycles. The van der Waals surface area contributed by atoms with E-state index in [9.17, 15) is 4.79 Å². The van der Waals surface area contributed by atoms with Crippen LogP contribution in [0.4, 0.5) is 0 Å². The lowest BCUT2D eigenvalue weighted by atomic mass is 9.96. The molecular formula is C19H20N6OS. The van der Waals surface area contributed by atoms with Gasteiger partial charge in [-0.1, -0.05) is 0 Å². The summed E-state index contributed by atoms with van der Waals surface area (Å²) in [6, 6.07) is 3.94. The van der Waals surface area contributed by atoms with Crippen molar-refractivity contribution in [2.24, 2.45) is 0 Å². The lowest BCUT2D eigenvalue weighted by Gasteiger charge is -2.21. The van der Waals surface area contributed by atoms with Gasteiger partial charge in [0.15, 0.2) is 11.5 Å². The molecule has 8 heteroatoms. The average molecular weight is 380 g/mol. The van der Waals surface area contributed by atoms with Crippen LogP contribution >= 0.6 is 11.3 Å². The standard InChI is InChI=1S/C19H20N6OS/c1-10-7-14(24-25-9-11(2)21-17(10)25)16-22-18(26)13-8-15(27-19(13)23-16)12-3-5-20-6-4-12/h7-9,12,20H,3-6H2,1-2H3,(H,22,23,26). The number of rotatable bonds is 2. The van der Waals surface area contributed by atoms with Gasteiger partial charge in [0.05, 0.1) is 17.3 Å². The Bertz CT molecular complexity index is 1210. The monoisotopic (exact) mass is 380 g/mol. The molecule has 0 unspecified atom stereocenters. The van der Waals surface area contributed by atoms with Crippen LogP contribution in [0.1, 0.15) is 34.9 Å². The Hall–Kier alpha value is -2.58. The number of aromatic amines is 1. The van der Waals surface area contributed by atoms with Crippen molar-refractivity contribution in [3.8, 4) is 11.5 Å². The van der Waals surface area contributed by atoms with Crippen molar-refractivity contribution in [2.45, 2.75) is 32.6 Å². The highest BCUT2D eigenvalue weighted by atomic mass is 32.1. The predicted molar refractivity (Wildman–Crippen MR) is 107 cm³/mol. The normalized spacial score (nSPS) is 15.8. The van der Waals surface area contributed by atoms with Gasteiger partial charge in [-0.15, -0.1) is 11.3 Å². The van der Waals surface area contributed by atoms with E-state index in [0.29, 0.717) is 22.8 Å². The number of nitrogens with zero attached hydrogens (tertiary/aromatic N) is 4. The number of imidazole rings is 1. The molecule has 0 radical (unpaired) electrons. The molecule has 27 heavy (non-hydrogen) atoms. The third-order valence-corrected chi connectivity index (χ3v) is 6.33. The maximum absolute atomic E-state index is 12.7. The van der Waals surface area contributed by atoms with E-state index in [1.807, 2.05) is 32.2 Å². The SMILES string of the molecule is Cc1cn2nc(-c3nc4sc(C5CCNCC5)cc4c(=O)[nH]3)cc(C)c2n1. The average Bonchev–Trinajstić information content (AvgIpc) is 3.26. The molecule has 0 spiro atoms. The number of aromatic nitrogens is 5. The van der Waals surface area contributed by atoms with Crippen LogP contribution in [0.5, 0.6) is 0 Å². The van der Waals surface area contributed by atoms with Crippen LogP contribution in [-0.4, -0.2) is 37.7 Å². The summed E-state index contributed by atoms with van der Waals surface area (Å²) in [5.74, 6) is 1.02. The molecule has 1 aliphatic heterocycles. The number of fused-ring (bicyclic) bond motifs is 2. The van der Waals surface area contributed by atoms with Crippen molar-refractivity contribution < 1.29 is 0 Å². The minimum atomic E-state index is -0.104. The Kier molecular flexibility index (Phi) is 3.84. The smallest absolute Gasteiger partial charge is 0.259 e. The molecule has 5 rings (SSSR count). The number of H-pyrrole nitrogens is 1. The molecule has 0 bridgehead atoms. The third kappa shape index (κ3) is 2.85. The molecule has 5 heterocycles. The zero-order valence-electron chi connectivity index (χ0n) is 15.2. The molecule has 2 N–H and O–H groups in total. The molecule has 1 saturated heterocycles. The zero-order valence-corrected chi connectivity index (χ0v) is 16.1. The Morgan fingerprint density at radius 3 is 2.81 bits per heavy atom. The minimum absolute atomic E-state index is 0.104. The molecule has 4 aromatic rings. The molecule has 1 aliphatic rings. The second-order valence-electron chi connectivity index (χ2n) is 7.17. The second kappa shape index (κ2) is 6.24. The molecule has 0 aromatic carbocycles. The lowest BCUT2D eigenvalue weighted by Crippen LogP contribution is -2.26. The number of nitrogens with one attached hydrogen (secondary N) is 2. The van der Waals surface area contributed by atoms with Crippen LogP contribution in [0.15, 0.2) is 23.1 Å². The van der Waals surface area contributed by atoms with Gasteiger partial charge in [0, 0.05) is 4.88 Å². The van der Waals surface area contributed by atoms with Crippen molar-refractivity contribution in [1.82, 2.24) is 29.9 Å². The van der Waals surface area contributed by atoms with Gasteiger partial charge in [-0.05, 0) is 63.4 Å². The first-order valence-electron chi connectivity index (χ1n) is 9.17. The molecule has 0 saturated carbocycles. The minimum Gasteiger partial charge on any atom is -0.317 e. The van der Waals surface area contributed by atoms with Gasteiger partial charge in [0.25, 0.3) is 5.56 Å². The fourth-order valence-corrected chi connectivity index (χ4v) is 4.94. The largest absolute Gasteiger partial charge is 0.317 e. The molecule has 0 atom stereocenters. The van der Waals surface area contributed by atoms with Crippen molar-refractivity contribution in [1.29, 1.82) is 0 Å². The van der Waals surface area contributed by atoms with Crippen LogP contribution in [0.25, 0.3) is 27.4 Å². The van der Waals surface area contributed by atoms with Gasteiger partial charge < -0.3 is 10.3 Å². The Morgan fingerprint density at radius 1 is 1.19 bits per heavy atom. The highest BCUT2D eigenvalue weighted by Gasteiger charge is 2.20. The summed E-state index contributed by atoms with van der Waals surface area (Å²) < 4.78 is 1.75. The number of piperidine rings is 1. The maximum Gasteiger partial charge on any atom is 0.259 e. The molecular weight excluding hydrogens is 360 g/mol.